The zero-order valence-electron chi connectivity index (χ0n) is 12.7. The molecule has 5 atom stereocenters. The molecule has 3 aliphatic rings. The van der Waals surface area contributed by atoms with Crippen molar-refractivity contribution >= 4 is 21.9 Å². The summed E-state index contributed by atoms with van der Waals surface area (Å²) in [5.74, 6) is -2.20. The van der Waals surface area contributed by atoms with E-state index in [2.05, 4.69) is 11.3 Å². The Bertz CT molecular complexity index is 722. The molecule has 140 valence electrons. The fraction of sp³-hybridized carbons (Fsp3) is 0.692. The molecular weight excluding hydrogens is 369 g/mol. The summed E-state index contributed by atoms with van der Waals surface area (Å²) in [4.78, 5) is 23.0. The lowest BCUT2D eigenvalue weighted by atomic mass is 9.93. The molecule has 3 aliphatic heterocycles. The molecule has 0 aromatic heterocycles. The molecule has 25 heavy (non-hydrogen) atoms. The van der Waals surface area contributed by atoms with Crippen LogP contribution in [0.3, 0.4) is 0 Å². The number of hydrogen-bond acceptors (Lipinski definition) is 6. The molecule has 3 rings (SSSR count). The second-order valence-corrected chi connectivity index (χ2v) is 7.97. The smallest absolute Gasteiger partial charge is 0.421 e. The third-order valence-electron chi connectivity index (χ3n) is 4.43. The van der Waals surface area contributed by atoms with E-state index in [4.69, 9.17) is 9.47 Å². The lowest BCUT2D eigenvalue weighted by Gasteiger charge is -2.22. The van der Waals surface area contributed by atoms with E-state index in [9.17, 15) is 31.2 Å². The van der Waals surface area contributed by atoms with Gasteiger partial charge in [0.05, 0.1) is 24.7 Å². The van der Waals surface area contributed by atoms with Gasteiger partial charge >= 0.3 is 12.1 Å². The van der Waals surface area contributed by atoms with E-state index < -0.39 is 63.3 Å². The number of nitrogens with one attached hydrogen (secondary N) is 2. The molecule has 0 spiro atoms. The number of amides is 1. The Morgan fingerprint density at radius 1 is 1.36 bits per heavy atom. The van der Waals surface area contributed by atoms with Crippen LogP contribution in [0.25, 0.3) is 0 Å². The quantitative estimate of drug-likeness (QED) is 0.482. The van der Waals surface area contributed by atoms with E-state index in [-0.39, 0.29) is 19.4 Å². The third kappa shape index (κ3) is 3.25. The maximum absolute atomic E-state index is 12.3. The number of ether oxygens (including phenoxy) is 2. The Morgan fingerprint density at radius 3 is 2.68 bits per heavy atom. The summed E-state index contributed by atoms with van der Waals surface area (Å²) >= 11 is 0. The monoisotopic (exact) mass is 384 g/mol. The van der Waals surface area contributed by atoms with Gasteiger partial charge < -0.3 is 14.8 Å². The summed E-state index contributed by atoms with van der Waals surface area (Å²) in [5.41, 5.74) is -1.56. The minimum absolute atomic E-state index is 0.219. The number of halogens is 3. The van der Waals surface area contributed by atoms with Crippen LogP contribution in [0.5, 0.6) is 0 Å². The van der Waals surface area contributed by atoms with E-state index in [1.54, 1.807) is 0 Å². The molecule has 0 aliphatic carbocycles. The topological polar surface area (TPSA) is 111 Å². The summed E-state index contributed by atoms with van der Waals surface area (Å²) in [6.07, 6.45) is -6.88. The van der Waals surface area contributed by atoms with Crippen LogP contribution in [0.15, 0.2) is 12.2 Å². The Morgan fingerprint density at radius 2 is 2.04 bits per heavy atom. The average Bonchev–Trinajstić information content (AvgIpc) is 3.09. The second kappa shape index (κ2) is 5.95. The van der Waals surface area contributed by atoms with E-state index >= 15 is 0 Å². The van der Waals surface area contributed by atoms with Gasteiger partial charge in [-0.05, 0) is 6.42 Å². The fourth-order valence-electron chi connectivity index (χ4n) is 3.24. The van der Waals surface area contributed by atoms with E-state index in [0.717, 1.165) is 0 Å². The first-order valence-electron chi connectivity index (χ1n) is 7.41. The highest BCUT2D eigenvalue weighted by atomic mass is 32.2. The summed E-state index contributed by atoms with van der Waals surface area (Å²) < 4.78 is 73.6. The van der Waals surface area contributed by atoms with Crippen LogP contribution in [-0.2, 0) is 29.1 Å². The molecule has 2 N–H and O–H groups in total. The van der Waals surface area contributed by atoms with Crippen molar-refractivity contribution in [1.82, 2.24) is 10.0 Å². The minimum atomic E-state index is -4.85. The first kappa shape index (κ1) is 18.1. The van der Waals surface area contributed by atoms with E-state index in [1.165, 1.54) is 0 Å². The predicted octanol–water partition coefficient (Wildman–Crippen LogP) is -0.636. The molecule has 3 fully saturated rings. The highest BCUT2D eigenvalue weighted by Crippen LogP contribution is 2.44. The Hall–Kier alpha value is -1.66. The SMILES string of the molecule is C=C(C(=O)NCCC(=O)OC1C2CC3C(O2)C1NS3(=O)=O)C(F)(F)F. The Balaban J connectivity index is 1.47. The van der Waals surface area contributed by atoms with Gasteiger partial charge in [0.25, 0.3) is 5.91 Å². The van der Waals surface area contributed by atoms with Crippen LogP contribution in [-0.4, -0.2) is 62.6 Å². The summed E-state index contributed by atoms with van der Waals surface area (Å²) in [6, 6.07) is -0.655. The first-order chi connectivity index (χ1) is 11.5. The maximum atomic E-state index is 12.3. The normalized spacial score (nSPS) is 34.8. The number of alkyl halides is 3. The second-order valence-electron chi connectivity index (χ2n) is 6.04. The molecule has 3 heterocycles. The number of fused-ring (bicyclic) bond motifs is 1. The largest absolute Gasteiger partial charge is 0.458 e. The van der Waals surface area contributed by atoms with Gasteiger partial charge in [0.2, 0.25) is 10.0 Å². The van der Waals surface area contributed by atoms with E-state index in [1.807, 2.05) is 5.32 Å². The fourth-order valence-corrected chi connectivity index (χ4v) is 5.09. The number of rotatable bonds is 5. The summed E-state index contributed by atoms with van der Waals surface area (Å²) in [7, 11) is -3.49. The van der Waals surface area contributed by atoms with Crippen molar-refractivity contribution in [3.8, 4) is 0 Å². The third-order valence-corrected chi connectivity index (χ3v) is 6.29. The standard InChI is InChI=1S/C13H15F3N2O6S/c1-5(13(14,15)16)12(20)17-3-2-8(19)24-10-6-4-7-11(23-6)9(10)18-25(7,21)22/h6-7,9-11,18H,1-4H2,(H,17,20). The lowest BCUT2D eigenvalue weighted by Crippen LogP contribution is -2.45. The van der Waals surface area contributed by atoms with Gasteiger partial charge in [-0.1, -0.05) is 6.58 Å². The molecule has 12 heteroatoms. The van der Waals surface area contributed by atoms with Crippen LogP contribution in [0.4, 0.5) is 13.2 Å². The molecule has 3 saturated heterocycles. The number of carbonyl (C=O) groups excluding carboxylic acids is 2. The lowest BCUT2D eigenvalue weighted by molar-refractivity contribution is -0.152. The molecule has 5 unspecified atom stereocenters. The van der Waals surface area contributed by atoms with Gasteiger partial charge in [-0.15, -0.1) is 0 Å². The zero-order chi connectivity index (χ0) is 18.6. The van der Waals surface area contributed by atoms with Crippen molar-refractivity contribution in [2.45, 2.75) is 48.6 Å². The van der Waals surface area contributed by atoms with E-state index in [0.29, 0.717) is 0 Å². The van der Waals surface area contributed by atoms with Gasteiger partial charge in [-0.25, -0.2) is 13.1 Å². The number of hydrogen-bond donors (Lipinski definition) is 2. The van der Waals surface area contributed by atoms with Crippen LogP contribution in [0.2, 0.25) is 0 Å². The maximum Gasteiger partial charge on any atom is 0.421 e. The van der Waals surface area contributed by atoms with Gasteiger partial charge in [0, 0.05) is 6.54 Å². The predicted molar refractivity (Wildman–Crippen MR) is 75.6 cm³/mol. The highest BCUT2D eigenvalue weighted by Gasteiger charge is 2.65. The van der Waals surface area contributed by atoms with Crippen molar-refractivity contribution in [3.05, 3.63) is 12.2 Å². The van der Waals surface area contributed by atoms with Crippen molar-refractivity contribution in [2.75, 3.05) is 6.54 Å². The highest BCUT2D eigenvalue weighted by molar-refractivity contribution is 7.90. The number of sulfonamides is 1. The summed E-state index contributed by atoms with van der Waals surface area (Å²) in [5, 5.41) is 1.28. The van der Waals surface area contributed by atoms with Crippen LogP contribution >= 0.6 is 0 Å². The van der Waals surface area contributed by atoms with Gasteiger partial charge in [0.15, 0.2) is 0 Å². The van der Waals surface area contributed by atoms with Crippen LogP contribution in [0, 0.1) is 0 Å². The van der Waals surface area contributed by atoms with Crippen molar-refractivity contribution in [1.29, 1.82) is 0 Å². The molecule has 0 radical (unpaired) electrons. The average molecular weight is 384 g/mol. The number of carbonyl (C=O) groups is 2. The molecule has 8 nitrogen and oxygen atoms in total. The number of esters is 1. The minimum Gasteiger partial charge on any atom is -0.458 e. The first-order valence-corrected chi connectivity index (χ1v) is 8.96. The Kier molecular flexibility index (Phi) is 4.32. The van der Waals surface area contributed by atoms with Crippen LogP contribution in [0.1, 0.15) is 12.8 Å². The molecule has 0 aromatic rings. The molecular formula is C13H15F3N2O6S. The zero-order valence-corrected chi connectivity index (χ0v) is 13.5. The van der Waals surface area contributed by atoms with Crippen molar-refractivity contribution in [3.63, 3.8) is 0 Å². The van der Waals surface area contributed by atoms with Gasteiger partial charge in [-0.3, -0.25) is 9.59 Å². The van der Waals surface area contributed by atoms with Crippen molar-refractivity contribution in [2.24, 2.45) is 0 Å². The van der Waals surface area contributed by atoms with Gasteiger partial charge in [0.1, 0.15) is 16.9 Å². The molecule has 1 amide bonds. The van der Waals surface area contributed by atoms with Crippen LogP contribution < -0.4 is 10.0 Å². The molecule has 0 aromatic carbocycles. The van der Waals surface area contributed by atoms with Gasteiger partial charge in [-0.2, -0.15) is 13.2 Å². The molecule has 0 saturated carbocycles. The Labute approximate surface area is 140 Å². The van der Waals surface area contributed by atoms with Crippen molar-refractivity contribution < 1.29 is 40.7 Å². The summed E-state index contributed by atoms with van der Waals surface area (Å²) in [6.45, 7) is 2.27. The molecule has 2 bridgehead atoms.